The van der Waals surface area contributed by atoms with Crippen molar-refractivity contribution in [2.45, 2.75) is 42.8 Å². The first-order valence-electron chi connectivity index (χ1n) is 11.2. The molecule has 1 saturated carbocycles. The second-order valence-electron chi connectivity index (χ2n) is 8.65. The zero-order valence-corrected chi connectivity index (χ0v) is 21.1. The molecule has 2 heterocycles. The number of rotatable bonds is 7. The summed E-state index contributed by atoms with van der Waals surface area (Å²) in [6.45, 7) is 0.0991. The third kappa shape index (κ3) is 4.53. The minimum Gasteiger partial charge on any atom is -0.489 e. The summed E-state index contributed by atoms with van der Waals surface area (Å²) in [5.74, 6) is -0.595. The van der Waals surface area contributed by atoms with E-state index in [9.17, 15) is 23.2 Å². The number of hydrogen-bond acceptors (Lipinski definition) is 6. The number of aromatic nitrogens is 2. The Labute approximate surface area is 216 Å². The second-order valence-corrected chi connectivity index (χ2v) is 11.4. The van der Waals surface area contributed by atoms with Crippen molar-refractivity contribution in [3.63, 3.8) is 0 Å². The summed E-state index contributed by atoms with van der Waals surface area (Å²) in [4.78, 5) is 25.6. The molecule has 10 nitrogen and oxygen atoms in total. The van der Waals surface area contributed by atoms with E-state index in [4.69, 9.17) is 27.9 Å². The van der Waals surface area contributed by atoms with Crippen LogP contribution in [0, 0.1) is 0 Å². The molecule has 0 radical (unpaired) electrons. The predicted octanol–water partition coefficient (Wildman–Crippen LogP) is 3.19. The van der Waals surface area contributed by atoms with Crippen LogP contribution in [-0.4, -0.2) is 40.2 Å². The van der Waals surface area contributed by atoms with E-state index in [-0.39, 0.29) is 36.1 Å². The maximum absolute atomic E-state index is 13.5. The smallest absolute Gasteiger partial charge is 0.272 e. The maximum atomic E-state index is 13.5. The Kier molecular flexibility index (Phi) is 6.60. The summed E-state index contributed by atoms with van der Waals surface area (Å²) in [6.07, 6.45) is 1.88. The van der Waals surface area contributed by atoms with Gasteiger partial charge in [-0.1, -0.05) is 29.3 Å². The van der Waals surface area contributed by atoms with E-state index >= 15 is 0 Å². The number of nitrogens with zero attached hydrogens (tertiary/aromatic N) is 2. The first-order valence-corrected chi connectivity index (χ1v) is 13.4. The van der Waals surface area contributed by atoms with Crippen molar-refractivity contribution >= 4 is 39.1 Å². The van der Waals surface area contributed by atoms with Gasteiger partial charge in [0.25, 0.3) is 11.5 Å². The van der Waals surface area contributed by atoms with Crippen LogP contribution in [0.5, 0.6) is 5.75 Å². The van der Waals surface area contributed by atoms with Crippen molar-refractivity contribution in [1.82, 2.24) is 19.6 Å². The number of hydroxylamine groups is 1. The van der Waals surface area contributed by atoms with E-state index in [0.29, 0.717) is 27.1 Å². The molecule has 1 aromatic heterocycles. The van der Waals surface area contributed by atoms with Crippen molar-refractivity contribution in [3.05, 3.63) is 79.7 Å². The Morgan fingerprint density at radius 1 is 1.17 bits per heavy atom. The molecule has 1 fully saturated rings. The highest BCUT2D eigenvalue weighted by molar-refractivity contribution is 7.89. The number of hydrogen-bond donors (Lipinski definition) is 3. The lowest BCUT2D eigenvalue weighted by atomic mass is 10.0. The summed E-state index contributed by atoms with van der Waals surface area (Å²) in [7, 11) is -4.21. The molecule has 1 amide bonds. The molecule has 1 atom stereocenters. The molecule has 36 heavy (non-hydrogen) atoms. The molecule has 1 aliphatic carbocycles. The van der Waals surface area contributed by atoms with Crippen LogP contribution in [0.2, 0.25) is 10.0 Å². The minimum absolute atomic E-state index is 0.0151. The Bertz CT molecular complexity index is 1480. The zero-order chi connectivity index (χ0) is 25.6. The van der Waals surface area contributed by atoms with Crippen LogP contribution in [0.3, 0.4) is 0 Å². The molecule has 3 aromatic rings. The number of carbonyl (C=O) groups is 1. The SMILES string of the molecule is O=C(NO)[C@H]1c2c([nH]n(C3CC3)c2=O)CCN1S(=O)(=O)c1ccc(OCc2ccc(Cl)cc2Cl)cc1. The van der Waals surface area contributed by atoms with Crippen LogP contribution in [0.15, 0.2) is 52.2 Å². The lowest BCUT2D eigenvalue weighted by Crippen LogP contribution is -2.48. The molecular formula is C23H22Cl2N4O6S. The fourth-order valence-electron chi connectivity index (χ4n) is 4.30. The Hall–Kier alpha value is -2.83. The van der Waals surface area contributed by atoms with Gasteiger partial charge in [-0.2, -0.15) is 4.31 Å². The number of ether oxygens (including phenoxy) is 1. The second kappa shape index (κ2) is 9.56. The maximum Gasteiger partial charge on any atom is 0.272 e. The van der Waals surface area contributed by atoms with Gasteiger partial charge in [-0.3, -0.25) is 19.9 Å². The molecular weight excluding hydrogens is 531 g/mol. The fourth-order valence-corrected chi connectivity index (χ4v) is 6.32. The number of H-pyrrole nitrogens is 1. The molecule has 0 bridgehead atoms. The largest absolute Gasteiger partial charge is 0.489 e. The molecule has 2 aromatic carbocycles. The van der Waals surface area contributed by atoms with Gasteiger partial charge in [-0.25, -0.2) is 18.6 Å². The van der Waals surface area contributed by atoms with E-state index in [1.165, 1.54) is 34.4 Å². The topological polar surface area (TPSA) is 134 Å². The molecule has 0 unspecified atom stereocenters. The molecule has 0 spiro atoms. The third-order valence-corrected chi connectivity index (χ3v) is 8.75. The lowest BCUT2D eigenvalue weighted by Gasteiger charge is -2.32. The van der Waals surface area contributed by atoms with Crippen LogP contribution < -0.4 is 15.8 Å². The van der Waals surface area contributed by atoms with Gasteiger partial charge in [0.15, 0.2) is 0 Å². The molecule has 5 rings (SSSR count). The molecule has 3 N–H and O–H groups in total. The standard InChI is InChI=1S/C23H22Cl2N4O6S/c24-14-2-1-13(18(25)11-14)12-35-16-5-7-17(8-6-16)36(33,34)28-10-9-19-20(21(28)22(30)27-32)23(31)29(26-19)15-3-4-15/h1-2,5-8,11,15,21,26,32H,3-4,9-10,12H2,(H,27,30)/t21-/m1/s1. The van der Waals surface area contributed by atoms with E-state index in [2.05, 4.69) is 5.10 Å². The van der Waals surface area contributed by atoms with Gasteiger partial charge >= 0.3 is 0 Å². The van der Waals surface area contributed by atoms with Gasteiger partial charge in [-0.05, 0) is 49.2 Å². The quantitative estimate of drug-likeness (QED) is 0.304. The van der Waals surface area contributed by atoms with Crippen molar-refractivity contribution in [3.8, 4) is 5.75 Å². The highest BCUT2D eigenvalue weighted by Gasteiger charge is 2.44. The van der Waals surface area contributed by atoms with Crippen LogP contribution in [0.25, 0.3) is 0 Å². The Morgan fingerprint density at radius 2 is 1.89 bits per heavy atom. The molecule has 13 heteroatoms. The number of sulfonamides is 1. The fraction of sp³-hybridized carbons (Fsp3) is 0.304. The Morgan fingerprint density at radius 3 is 2.53 bits per heavy atom. The van der Waals surface area contributed by atoms with Gasteiger partial charge in [-0.15, -0.1) is 0 Å². The summed E-state index contributed by atoms with van der Waals surface area (Å²) in [5.41, 5.74) is 2.30. The van der Waals surface area contributed by atoms with Gasteiger partial charge in [0, 0.05) is 34.3 Å². The van der Waals surface area contributed by atoms with Crippen molar-refractivity contribution in [2.24, 2.45) is 0 Å². The lowest BCUT2D eigenvalue weighted by molar-refractivity contribution is -0.133. The summed E-state index contributed by atoms with van der Waals surface area (Å²) in [6, 6.07) is 9.23. The van der Waals surface area contributed by atoms with Gasteiger partial charge in [0.2, 0.25) is 10.0 Å². The van der Waals surface area contributed by atoms with Crippen LogP contribution in [0.1, 0.15) is 41.7 Å². The van der Waals surface area contributed by atoms with Crippen molar-refractivity contribution < 1.29 is 23.2 Å². The number of aromatic amines is 1. The summed E-state index contributed by atoms with van der Waals surface area (Å²) in [5, 5.41) is 13.3. The van der Waals surface area contributed by atoms with Crippen molar-refractivity contribution in [2.75, 3.05) is 6.54 Å². The zero-order valence-electron chi connectivity index (χ0n) is 18.8. The average molecular weight is 553 g/mol. The first-order chi connectivity index (χ1) is 17.2. The monoisotopic (exact) mass is 552 g/mol. The van der Waals surface area contributed by atoms with Crippen LogP contribution in [0.4, 0.5) is 0 Å². The number of carbonyl (C=O) groups excluding carboxylic acids is 1. The van der Waals surface area contributed by atoms with E-state index in [1.54, 1.807) is 18.2 Å². The van der Waals surface area contributed by atoms with Gasteiger partial charge < -0.3 is 4.74 Å². The number of halogens is 2. The molecule has 0 saturated heterocycles. The molecule has 1 aliphatic heterocycles. The predicted molar refractivity (Wildman–Crippen MR) is 131 cm³/mol. The first kappa shape index (κ1) is 24.8. The van der Waals surface area contributed by atoms with Gasteiger partial charge in [0.1, 0.15) is 18.4 Å². The number of fused-ring (bicyclic) bond motifs is 1. The van der Waals surface area contributed by atoms with E-state index < -0.39 is 27.5 Å². The Balaban J connectivity index is 1.40. The van der Waals surface area contributed by atoms with E-state index in [0.717, 1.165) is 17.1 Å². The highest BCUT2D eigenvalue weighted by Crippen LogP contribution is 2.37. The average Bonchev–Trinajstić information content (AvgIpc) is 3.65. The van der Waals surface area contributed by atoms with E-state index in [1.807, 2.05) is 0 Å². The number of benzene rings is 2. The van der Waals surface area contributed by atoms with Crippen molar-refractivity contribution in [1.29, 1.82) is 0 Å². The highest BCUT2D eigenvalue weighted by atomic mass is 35.5. The summed E-state index contributed by atoms with van der Waals surface area (Å²) < 4.78 is 35.2. The van der Waals surface area contributed by atoms with Gasteiger partial charge in [0.05, 0.1) is 16.5 Å². The normalized spacial score (nSPS) is 18.0. The minimum atomic E-state index is -4.21. The molecule has 190 valence electrons. The summed E-state index contributed by atoms with van der Waals surface area (Å²) >= 11 is 12.1. The van der Waals surface area contributed by atoms with Crippen LogP contribution in [-0.2, 0) is 27.8 Å². The number of nitrogens with one attached hydrogen (secondary N) is 2. The number of amides is 1. The third-order valence-electron chi connectivity index (χ3n) is 6.28. The van der Waals surface area contributed by atoms with Crippen LogP contribution >= 0.6 is 23.2 Å². The molecule has 2 aliphatic rings.